The van der Waals surface area contributed by atoms with E-state index in [1.54, 1.807) is 6.07 Å². The van der Waals surface area contributed by atoms with Crippen LogP contribution in [0.25, 0.3) is 11.0 Å². The van der Waals surface area contributed by atoms with Gasteiger partial charge in [-0.2, -0.15) is 0 Å². The van der Waals surface area contributed by atoms with Crippen LogP contribution in [0.3, 0.4) is 0 Å². The van der Waals surface area contributed by atoms with Crippen LogP contribution in [0.15, 0.2) is 35.1 Å². The van der Waals surface area contributed by atoms with Gasteiger partial charge in [0.05, 0.1) is 23.2 Å². The Morgan fingerprint density at radius 3 is 2.69 bits per heavy atom. The van der Waals surface area contributed by atoms with Gasteiger partial charge in [0.1, 0.15) is 0 Å². The molecule has 1 aromatic heterocycles. The lowest BCUT2D eigenvalue weighted by atomic mass is 9.95. The lowest BCUT2D eigenvalue weighted by Gasteiger charge is -2.23. The van der Waals surface area contributed by atoms with Crippen LogP contribution in [0.5, 0.6) is 11.5 Å². The van der Waals surface area contributed by atoms with Gasteiger partial charge in [-0.3, -0.25) is 4.79 Å². The van der Waals surface area contributed by atoms with Crippen LogP contribution in [0.1, 0.15) is 37.7 Å². The Morgan fingerprint density at radius 1 is 1.12 bits per heavy atom. The van der Waals surface area contributed by atoms with Crippen LogP contribution in [-0.2, 0) is 11.3 Å². The summed E-state index contributed by atoms with van der Waals surface area (Å²) in [5.74, 6) is 0.659. The molecule has 2 aromatic carbocycles. The second-order valence-electron chi connectivity index (χ2n) is 7.99. The Bertz CT molecular complexity index is 1150. The summed E-state index contributed by atoms with van der Waals surface area (Å²) in [6.45, 7) is 0.373. The molecular formula is C23H27ClN4O4. The van der Waals surface area contributed by atoms with Crippen molar-refractivity contribution in [1.82, 2.24) is 15.3 Å². The minimum atomic E-state index is -0.239. The van der Waals surface area contributed by atoms with E-state index in [4.69, 9.17) is 21.1 Å². The number of amides is 1. The number of fused-ring (bicyclic) bond motifs is 1. The van der Waals surface area contributed by atoms with Crippen molar-refractivity contribution >= 4 is 34.2 Å². The van der Waals surface area contributed by atoms with Crippen molar-refractivity contribution in [3.63, 3.8) is 0 Å². The molecule has 32 heavy (non-hydrogen) atoms. The molecule has 170 valence electrons. The van der Waals surface area contributed by atoms with Crippen LogP contribution in [-0.4, -0.2) is 35.6 Å². The topological polar surface area (TPSA) is 108 Å². The minimum Gasteiger partial charge on any atom is -0.493 e. The molecule has 1 aliphatic carbocycles. The van der Waals surface area contributed by atoms with Gasteiger partial charge in [0.15, 0.2) is 18.1 Å². The van der Waals surface area contributed by atoms with Gasteiger partial charge in [-0.1, -0.05) is 30.9 Å². The summed E-state index contributed by atoms with van der Waals surface area (Å²) in [4.78, 5) is 29.1. The lowest BCUT2D eigenvalue weighted by molar-refractivity contribution is -0.124. The molecule has 4 N–H and O–H groups in total. The van der Waals surface area contributed by atoms with E-state index in [9.17, 15) is 9.59 Å². The van der Waals surface area contributed by atoms with Crippen molar-refractivity contribution in [2.75, 3.05) is 19.0 Å². The van der Waals surface area contributed by atoms with Gasteiger partial charge < -0.3 is 30.1 Å². The molecule has 1 heterocycles. The molecule has 1 aliphatic rings. The third-order valence-corrected chi connectivity index (χ3v) is 5.90. The number of ether oxygens (including phenoxy) is 2. The lowest BCUT2D eigenvalue weighted by Crippen LogP contribution is -2.39. The molecule has 3 aromatic rings. The van der Waals surface area contributed by atoms with Gasteiger partial charge in [0.2, 0.25) is 0 Å². The first-order valence-electron chi connectivity index (χ1n) is 10.8. The molecule has 1 fully saturated rings. The molecule has 0 radical (unpaired) electrons. The second kappa shape index (κ2) is 9.99. The molecule has 4 rings (SSSR count). The van der Waals surface area contributed by atoms with Crippen molar-refractivity contribution in [3.8, 4) is 11.5 Å². The summed E-state index contributed by atoms with van der Waals surface area (Å²) in [5, 5.41) is 6.70. The zero-order valence-electron chi connectivity index (χ0n) is 17.9. The molecule has 0 spiro atoms. The number of benzene rings is 2. The van der Waals surface area contributed by atoms with Crippen molar-refractivity contribution in [3.05, 3.63) is 51.4 Å². The normalized spacial score (nSPS) is 14.3. The number of nitrogens with one attached hydrogen (secondary N) is 4. The Hall–Kier alpha value is -3.13. The first-order valence-corrected chi connectivity index (χ1v) is 11.1. The SMILES string of the molecule is COc1cc(CNc2ccc3[nH]c(=O)[nH]c3c2)cc(Cl)c1OCC(=O)NC1CCCCC1. The summed E-state index contributed by atoms with van der Waals surface area (Å²) >= 11 is 6.44. The highest BCUT2D eigenvalue weighted by atomic mass is 35.5. The van der Waals surface area contributed by atoms with Crippen LogP contribution < -0.4 is 25.8 Å². The van der Waals surface area contributed by atoms with Gasteiger partial charge in [0.25, 0.3) is 5.91 Å². The van der Waals surface area contributed by atoms with E-state index < -0.39 is 0 Å². The predicted molar refractivity (Wildman–Crippen MR) is 125 cm³/mol. The molecule has 0 aliphatic heterocycles. The fraction of sp³-hybridized carbons (Fsp3) is 0.391. The van der Waals surface area contributed by atoms with E-state index in [2.05, 4.69) is 20.6 Å². The van der Waals surface area contributed by atoms with Crippen LogP contribution in [0, 0.1) is 0 Å². The number of aromatic amines is 2. The summed E-state index contributed by atoms with van der Waals surface area (Å²) in [5.41, 5.74) is 2.97. The quantitative estimate of drug-likeness (QED) is 0.408. The fourth-order valence-corrected chi connectivity index (χ4v) is 4.30. The van der Waals surface area contributed by atoms with Gasteiger partial charge in [-0.25, -0.2) is 4.79 Å². The Labute approximate surface area is 190 Å². The number of methoxy groups -OCH3 is 1. The van der Waals surface area contributed by atoms with Crippen LogP contribution >= 0.6 is 11.6 Å². The van der Waals surface area contributed by atoms with E-state index in [1.807, 2.05) is 24.3 Å². The van der Waals surface area contributed by atoms with E-state index in [-0.39, 0.29) is 24.2 Å². The third kappa shape index (κ3) is 5.37. The zero-order valence-corrected chi connectivity index (χ0v) is 18.7. The van der Waals surface area contributed by atoms with E-state index >= 15 is 0 Å². The van der Waals surface area contributed by atoms with Crippen molar-refractivity contribution < 1.29 is 14.3 Å². The summed E-state index contributed by atoms with van der Waals surface area (Å²) < 4.78 is 11.2. The number of rotatable bonds is 8. The molecule has 1 saturated carbocycles. The second-order valence-corrected chi connectivity index (χ2v) is 8.40. The number of carbonyl (C=O) groups is 1. The Balaban J connectivity index is 1.38. The third-order valence-electron chi connectivity index (χ3n) is 5.62. The number of hydrogen-bond donors (Lipinski definition) is 4. The highest BCUT2D eigenvalue weighted by Gasteiger charge is 2.18. The number of halogens is 1. The largest absolute Gasteiger partial charge is 0.493 e. The van der Waals surface area contributed by atoms with E-state index in [0.29, 0.717) is 23.1 Å². The average Bonchev–Trinajstić information content (AvgIpc) is 3.16. The highest BCUT2D eigenvalue weighted by Crippen LogP contribution is 2.36. The first-order chi connectivity index (χ1) is 15.5. The van der Waals surface area contributed by atoms with Crippen molar-refractivity contribution in [2.24, 2.45) is 0 Å². The average molecular weight is 459 g/mol. The first kappa shape index (κ1) is 22.1. The fourth-order valence-electron chi connectivity index (χ4n) is 4.02. The maximum Gasteiger partial charge on any atom is 0.323 e. The predicted octanol–water partition coefficient (Wildman–Crippen LogP) is 3.96. The monoisotopic (exact) mass is 458 g/mol. The maximum atomic E-state index is 12.3. The van der Waals surface area contributed by atoms with E-state index in [1.165, 1.54) is 13.5 Å². The zero-order chi connectivity index (χ0) is 22.5. The number of hydrogen-bond acceptors (Lipinski definition) is 5. The molecule has 0 saturated heterocycles. The number of aromatic nitrogens is 2. The van der Waals surface area contributed by atoms with Gasteiger partial charge in [-0.15, -0.1) is 0 Å². The minimum absolute atomic E-state index is 0.112. The van der Waals surface area contributed by atoms with Crippen LogP contribution in [0.2, 0.25) is 5.02 Å². The van der Waals surface area contributed by atoms with Crippen LogP contribution in [0.4, 0.5) is 5.69 Å². The molecule has 9 heteroatoms. The van der Waals surface area contributed by atoms with Gasteiger partial charge >= 0.3 is 5.69 Å². The summed E-state index contributed by atoms with van der Waals surface area (Å²) in [7, 11) is 1.54. The van der Waals surface area contributed by atoms with Gasteiger partial charge in [0, 0.05) is 18.3 Å². The highest BCUT2D eigenvalue weighted by molar-refractivity contribution is 6.32. The molecular weight excluding hydrogens is 432 g/mol. The number of anilines is 1. The van der Waals surface area contributed by atoms with Gasteiger partial charge in [-0.05, 0) is 48.7 Å². The van der Waals surface area contributed by atoms with Crippen molar-refractivity contribution in [1.29, 1.82) is 0 Å². The summed E-state index contributed by atoms with van der Waals surface area (Å²) in [6, 6.07) is 9.40. The maximum absolute atomic E-state index is 12.3. The van der Waals surface area contributed by atoms with E-state index in [0.717, 1.165) is 48.0 Å². The number of imidazole rings is 1. The molecule has 0 bridgehead atoms. The van der Waals surface area contributed by atoms with Crippen molar-refractivity contribution in [2.45, 2.75) is 44.7 Å². The Kier molecular flexibility index (Phi) is 6.90. The summed E-state index contributed by atoms with van der Waals surface area (Å²) in [6.07, 6.45) is 5.57. The molecule has 8 nitrogen and oxygen atoms in total. The smallest absolute Gasteiger partial charge is 0.323 e. The molecule has 0 unspecified atom stereocenters. The standard InChI is InChI=1S/C23H27ClN4O4/c1-31-20-10-14(12-25-16-7-8-18-19(11-16)28-23(30)27-18)9-17(24)22(20)32-13-21(29)26-15-5-3-2-4-6-15/h7-11,15,25H,2-6,12-13H2,1H3,(H,26,29)(H2,27,28,30). The number of H-pyrrole nitrogens is 2. The Morgan fingerprint density at radius 2 is 1.91 bits per heavy atom. The molecule has 0 atom stereocenters. The number of carbonyl (C=O) groups excluding carboxylic acids is 1. The molecule has 1 amide bonds.